The van der Waals surface area contributed by atoms with Crippen molar-refractivity contribution in [2.45, 2.75) is 84.3 Å². The van der Waals surface area contributed by atoms with Gasteiger partial charge in [0.1, 0.15) is 17.6 Å². The Morgan fingerprint density at radius 2 is 1.96 bits per heavy atom. The molecule has 2 amide bonds. The molecule has 1 heterocycles. The lowest BCUT2D eigenvalue weighted by atomic mass is 9.98. The van der Waals surface area contributed by atoms with Crippen LogP contribution in [-0.2, 0) is 19.1 Å². The van der Waals surface area contributed by atoms with E-state index in [0.717, 1.165) is 32.1 Å². The topological polar surface area (TPSA) is 75.7 Å². The fourth-order valence-electron chi connectivity index (χ4n) is 3.32. The van der Waals surface area contributed by atoms with E-state index in [9.17, 15) is 14.4 Å². The standard InChI is InChI=1S/C21H36N2O4/c1-6-8-9-10-11-13-16(20(26)27-21(3,4)5)19(25)23-15-12-14-17(23)18(24)22-7-2/h6,16-17H,1,7-15H2,2-5H3,(H,22,24)/t16-,17?/m0/s1. The van der Waals surface area contributed by atoms with Gasteiger partial charge in [-0.05, 0) is 59.8 Å². The van der Waals surface area contributed by atoms with Gasteiger partial charge in [0.2, 0.25) is 11.8 Å². The number of allylic oxidation sites excluding steroid dienone is 1. The van der Waals surface area contributed by atoms with E-state index in [0.29, 0.717) is 25.9 Å². The number of amides is 2. The Morgan fingerprint density at radius 1 is 1.26 bits per heavy atom. The number of esters is 1. The van der Waals surface area contributed by atoms with Gasteiger partial charge in [0, 0.05) is 13.1 Å². The minimum Gasteiger partial charge on any atom is -0.459 e. The smallest absolute Gasteiger partial charge is 0.319 e. The van der Waals surface area contributed by atoms with E-state index in [-0.39, 0.29) is 11.8 Å². The second-order valence-corrected chi connectivity index (χ2v) is 8.10. The maximum atomic E-state index is 13.1. The van der Waals surface area contributed by atoms with Crippen LogP contribution >= 0.6 is 0 Å². The molecule has 1 fully saturated rings. The first-order valence-electron chi connectivity index (χ1n) is 10.1. The maximum Gasteiger partial charge on any atom is 0.319 e. The number of unbranched alkanes of at least 4 members (excludes halogenated alkanes) is 3. The van der Waals surface area contributed by atoms with Crippen molar-refractivity contribution < 1.29 is 19.1 Å². The molecular formula is C21H36N2O4. The van der Waals surface area contributed by atoms with Gasteiger partial charge in [-0.15, -0.1) is 6.58 Å². The average molecular weight is 381 g/mol. The van der Waals surface area contributed by atoms with E-state index in [1.54, 1.807) is 25.7 Å². The Morgan fingerprint density at radius 3 is 2.56 bits per heavy atom. The second-order valence-electron chi connectivity index (χ2n) is 8.10. The number of hydrogen-bond acceptors (Lipinski definition) is 4. The molecule has 1 saturated heterocycles. The van der Waals surface area contributed by atoms with Crippen molar-refractivity contribution in [3.05, 3.63) is 12.7 Å². The SMILES string of the molecule is C=CCCCCC[C@H](C(=O)OC(C)(C)C)C(=O)N1CCCC1C(=O)NCC. The summed E-state index contributed by atoms with van der Waals surface area (Å²) in [5.74, 6) is -1.75. The highest BCUT2D eigenvalue weighted by Gasteiger charge is 2.40. The van der Waals surface area contributed by atoms with Gasteiger partial charge in [-0.1, -0.05) is 18.9 Å². The summed E-state index contributed by atoms with van der Waals surface area (Å²) in [6.45, 7) is 12.0. The fraction of sp³-hybridized carbons (Fsp3) is 0.762. The van der Waals surface area contributed by atoms with Gasteiger partial charge >= 0.3 is 5.97 Å². The monoisotopic (exact) mass is 380 g/mol. The van der Waals surface area contributed by atoms with Gasteiger partial charge in [0.05, 0.1) is 0 Å². The first-order chi connectivity index (χ1) is 12.7. The van der Waals surface area contributed by atoms with Crippen LogP contribution in [0.3, 0.4) is 0 Å². The Bertz CT molecular complexity index is 525. The molecule has 1 aliphatic rings. The quantitative estimate of drug-likeness (QED) is 0.273. The Labute approximate surface area is 163 Å². The van der Waals surface area contributed by atoms with Crippen LogP contribution in [0.5, 0.6) is 0 Å². The number of rotatable bonds is 10. The molecule has 1 aliphatic heterocycles. The molecule has 154 valence electrons. The first kappa shape index (κ1) is 23.2. The summed E-state index contributed by atoms with van der Waals surface area (Å²) in [6.07, 6.45) is 7.34. The predicted octanol–water partition coefficient (Wildman–Crippen LogP) is 3.21. The number of likely N-dealkylation sites (tertiary alicyclic amines) is 1. The molecule has 0 saturated carbocycles. The van der Waals surface area contributed by atoms with Crippen molar-refractivity contribution in [3.63, 3.8) is 0 Å². The maximum absolute atomic E-state index is 13.1. The van der Waals surface area contributed by atoms with Crippen molar-refractivity contribution in [1.82, 2.24) is 10.2 Å². The fourth-order valence-corrected chi connectivity index (χ4v) is 3.32. The summed E-state index contributed by atoms with van der Waals surface area (Å²) in [4.78, 5) is 39.7. The van der Waals surface area contributed by atoms with Gasteiger partial charge in [-0.3, -0.25) is 14.4 Å². The highest BCUT2D eigenvalue weighted by atomic mass is 16.6. The highest BCUT2D eigenvalue weighted by molar-refractivity contribution is 6.00. The van der Waals surface area contributed by atoms with E-state index < -0.39 is 23.5 Å². The van der Waals surface area contributed by atoms with Crippen LogP contribution in [0, 0.1) is 5.92 Å². The van der Waals surface area contributed by atoms with Crippen LogP contribution in [0.15, 0.2) is 12.7 Å². The lowest BCUT2D eigenvalue weighted by molar-refractivity contribution is -0.166. The van der Waals surface area contributed by atoms with Gasteiger partial charge < -0.3 is 15.0 Å². The van der Waals surface area contributed by atoms with E-state index in [4.69, 9.17) is 4.74 Å². The molecule has 0 radical (unpaired) electrons. The van der Waals surface area contributed by atoms with Crippen LogP contribution < -0.4 is 5.32 Å². The van der Waals surface area contributed by atoms with Crippen molar-refractivity contribution in [2.75, 3.05) is 13.1 Å². The van der Waals surface area contributed by atoms with Gasteiger partial charge in [-0.2, -0.15) is 0 Å². The number of likely N-dealkylation sites (N-methyl/N-ethyl adjacent to an activating group) is 1. The molecule has 0 spiro atoms. The molecule has 6 heteroatoms. The lowest BCUT2D eigenvalue weighted by Crippen LogP contribution is -2.49. The average Bonchev–Trinajstić information content (AvgIpc) is 3.06. The molecule has 0 aliphatic carbocycles. The summed E-state index contributed by atoms with van der Waals surface area (Å²) < 4.78 is 5.50. The molecule has 6 nitrogen and oxygen atoms in total. The Hall–Kier alpha value is -1.85. The van der Waals surface area contributed by atoms with Crippen LogP contribution in [0.2, 0.25) is 0 Å². The Balaban J connectivity index is 2.85. The third kappa shape index (κ3) is 7.73. The summed E-state index contributed by atoms with van der Waals surface area (Å²) in [5, 5.41) is 2.79. The highest BCUT2D eigenvalue weighted by Crippen LogP contribution is 2.25. The zero-order valence-electron chi connectivity index (χ0n) is 17.4. The number of hydrogen-bond donors (Lipinski definition) is 1. The van der Waals surface area contributed by atoms with Crippen LogP contribution in [0.4, 0.5) is 0 Å². The molecule has 2 atom stereocenters. The van der Waals surface area contributed by atoms with Crippen molar-refractivity contribution in [1.29, 1.82) is 0 Å². The van der Waals surface area contributed by atoms with Crippen molar-refractivity contribution in [2.24, 2.45) is 5.92 Å². The van der Waals surface area contributed by atoms with Crippen molar-refractivity contribution >= 4 is 17.8 Å². The zero-order chi connectivity index (χ0) is 20.4. The van der Waals surface area contributed by atoms with Crippen LogP contribution in [-0.4, -0.2) is 47.4 Å². The molecule has 1 rings (SSSR count). The largest absolute Gasteiger partial charge is 0.459 e. The third-order valence-corrected chi connectivity index (χ3v) is 4.58. The van der Waals surface area contributed by atoms with E-state index in [1.807, 2.05) is 13.0 Å². The predicted molar refractivity (Wildman–Crippen MR) is 106 cm³/mol. The number of carbonyl (C=O) groups is 3. The normalized spacial score (nSPS) is 18.1. The summed E-state index contributed by atoms with van der Waals surface area (Å²) in [5.41, 5.74) is -0.650. The minimum atomic E-state index is -0.844. The van der Waals surface area contributed by atoms with E-state index in [1.165, 1.54) is 0 Å². The number of ether oxygens (including phenoxy) is 1. The lowest BCUT2D eigenvalue weighted by Gasteiger charge is -2.29. The van der Waals surface area contributed by atoms with Gasteiger partial charge in [-0.25, -0.2) is 0 Å². The summed E-state index contributed by atoms with van der Waals surface area (Å²) in [7, 11) is 0. The third-order valence-electron chi connectivity index (χ3n) is 4.58. The minimum absolute atomic E-state index is 0.141. The Kier molecular flexibility index (Phi) is 9.53. The zero-order valence-corrected chi connectivity index (χ0v) is 17.4. The molecular weight excluding hydrogens is 344 g/mol. The van der Waals surface area contributed by atoms with Gasteiger partial charge in [0.25, 0.3) is 0 Å². The molecule has 0 aromatic rings. The van der Waals surface area contributed by atoms with Crippen LogP contribution in [0.1, 0.15) is 72.6 Å². The molecule has 0 bridgehead atoms. The van der Waals surface area contributed by atoms with E-state index in [2.05, 4.69) is 11.9 Å². The summed E-state index contributed by atoms with van der Waals surface area (Å²) >= 11 is 0. The van der Waals surface area contributed by atoms with Crippen LogP contribution in [0.25, 0.3) is 0 Å². The van der Waals surface area contributed by atoms with Gasteiger partial charge in [0.15, 0.2) is 0 Å². The number of nitrogens with one attached hydrogen (secondary N) is 1. The molecule has 1 unspecified atom stereocenters. The number of carbonyl (C=O) groups excluding carboxylic acids is 3. The second kappa shape index (κ2) is 11.1. The molecule has 0 aromatic heterocycles. The molecule has 1 N–H and O–H groups in total. The summed E-state index contributed by atoms with van der Waals surface area (Å²) in [6, 6.07) is -0.483. The van der Waals surface area contributed by atoms with Crippen molar-refractivity contribution in [3.8, 4) is 0 Å². The molecule has 27 heavy (non-hydrogen) atoms. The molecule has 0 aromatic carbocycles. The number of nitrogens with zero attached hydrogens (tertiary/aromatic N) is 1. The van der Waals surface area contributed by atoms with E-state index >= 15 is 0 Å². The first-order valence-corrected chi connectivity index (χ1v) is 10.1.